The number of carbonyl (C=O) groups excluding carboxylic acids is 2. The van der Waals surface area contributed by atoms with Crippen LogP contribution < -0.4 is 10.6 Å². The second kappa shape index (κ2) is 8.52. The van der Waals surface area contributed by atoms with Crippen molar-refractivity contribution in [3.8, 4) is 0 Å². The van der Waals surface area contributed by atoms with Crippen molar-refractivity contribution in [1.29, 1.82) is 0 Å². The molecule has 0 unspecified atom stereocenters. The molecule has 0 heterocycles. The topological polar surface area (TPSA) is 58.2 Å². The van der Waals surface area contributed by atoms with Crippen molar-refractivity contribution in [2.45, 2.75) is 13.5 Å². The Labute approximate surface area is 163 Å². The molecule has 0 spiro atoms. The zero-order valence-electron chi connectivity index (χ0n) is 14.8. The molecule has 2 amide bonds. The molecule has 0 aliphatic rings. The Morgan fingerprint density at radius 2 is 1.52 bits per heavy atom. The van der Waals surface area contributed by atoms with Gasteiger partial charge in [-0.05, 0) is 48.9 Å². The summed E-state index contributed by atoms with van der Waals surface area (Å²) in [5.41, 5.74) is 3.51. The Morgan fingerprint density at radius 1 is 0.852 bits per heavy atom. The second-order valence-corrected chi connectivity index (χ2v) is 6.61. The van der Waals surface area contributed by atoms with Crippen LogP contribution in [0.25, 0.3) is 0 Å². The molecule has 3 aromatic carbocycles. The van der Waals surface area contributed by atoms with E-state index in [-0.39, 0.29) is 11.8 Å². The maximum atomic E-state index is 12.6. The van der Waals surface area contributed by atoms with Crippen LogP contribution in [0.15, 0.2) is 72.8 Å². The lowest BCUT2D eigenvalue weighted by molar-refractivity contribution is 0.0952. The summed E-state index contributed by atoms with van der Waals surface area (Å²) < 4.78 is 0. The molecule has 0 radical (unpaired) electrons. The largest absolute Gasteiger partial charge is 0.348 e. The van der Waals surface area contributed by atoms with Crippen LogP contribution in [-0.4, -0.2) is 11.8 Å². The van der Waals surface area contributed by atoms with Crippen LogP contribution >= 0.6 is 11.6 Å². The van der Waals surface area contributed by atoms with Gasteiger partial charge in [0, 0.05) is 17.1 Å². The van der Waals surface area contributed by atoms with E-state index in [0.29, 0.717) is 28.4 Å². The van der Waals surface area contributed by atoms with Crippen LogP contribution in [0.2, 0.25) is 5.02 Å². The van der Waals surface area contributed by atoms with Gasteiger partial charge in [0.1, 0.15) is 0 Å². The van der Waals surface area contributed by atoms with Crippen molar-refractivity contribution in [3.05, 3.63) is 100 Å². The zero-order valence-corrected chi connectivity index (χ0v) is 15.6. The molecule has 0 saturated carbocycles. The summed E-state index contributed by atoms with van der Waals surface area (Å²) in [6.07, 6.45) is 0. The Morgan fingerprint density at radius 3 is 2.22 bits per heavy atom. The fourth-order valence-electron chi connectivity index (χ4n) is 2.57. The number of nitrogens with one attached hydrogen (secondary N) is 2. The van der Waals surface area contributed by atoms with Gasteiger partial charge in [-0.15, -0.1) is 0 Å². The Bertz CT molecular complexity index is 951. The van der Waals surface area contributed by atoms with Crippen molar-refractivity contribution in [2.75, 3.05) is 5.32 Å². The number of benzene rings is 3. The summed E-state index contributed by atoms with van der Waals surface area (Å²) in [5.74, 6) is -0.548. The summed E-state index contributed by atoms with van der Waals surface area (Å²) >= 11 is 5.85. The molecule has 4 nitrogen and oxygen atoms in total. The summed E-state index contributed by atoms with van der Waals surface area (Å²) in [5, 5.41) is 6.24. The van der Waals surface area contributed by atoms with E-state index >= 15 is 0 Å². The number of rotatable bonds is 5. The molecule has 136 valence electrons. The zero-order chi connectivity index (χ0) is 19.2. The minimum absolute atomic E-state index is 0.248. The normalized spacial score (nSPS) is 10.3. The Balaban J connectivity index is 1.70. The molecule has 0 fully saturated rings. The fourth-order valence-corrected chi connectivity index (χ4v) is 2.70. The van der Waals surface area contributed by atoms with Crippen LogP contribution in [0.4, 0.5) is 5.69 Å². The number of para-hydroxylation sites is 1. The number of aryl methyl sites for hydroxylation is 1. The molecule has 27 heavy (non-hydrogen) atoms. The highest BCUT2D eigenvalue weighted by Crippen LogP contribution is 2.17. The van der Waals surface area contributed by atoms with Crippen LogP contribution in [-0.2, 0) is 6.54 Å². The van der Waals surface area contributed by atoms with E-state index in [1.54, 1.807) is 48.5 Å². The third-order valence-electron chi connectivity index (χ3n) is 4.10. The molecule has 3 rings (SSSR count). The van der Waals surface area contributed by atoms with Gasteiger partial charge >= 0.3 is 0 Å². The van der Waals surface area contributed by atoms with E-state index in [4.69, 9.17) is 11.6 Å². The number of carbonyl (C=O) groups is 2. The highest BCUT2D eigenvalue weighted by atomic mass is 35.5. The van der Waals surface area contributed by atoms with Crippen molar-refractivity contribution in [3.63, 3.8) is 0 Å². The maximum Gasteiger partial charge on any atom is 0.255 e. The SMILES string of the molecule is Cc1ccc(CNC(=O)c2ccccc2NC(=O)c2ccc(Cl)cc2)cc1. The van der Waals surface area contributed by atoms with Gasteiger partial charge in [-0.2, -0.15) is 0 Å². The summed E-state index contributed by atoms with van der Waals surface area (Å²) in [6.45, 7) is 2.43. The lowest BCUT2D eigenvalue weighted by Gasteiger charge is -2.12. The van der Waals surface area contributed by atoms with E-state index in [1.165, 1.54) is 5.56 Å². The van der Waals surface area contributed by atoms with Gasteiger partial charge in [0.15, 0.2) is 0 Å². The quantitative estimate of drug-likeness (QED) is 0.668. The molecule has 0 aliphatic carbocycles. The van der Waals surface area contributed by atoms with Crippen molar-refractivity contribution in [2.24, 2.45) is 0 Å². The van der Waals surface area contributed by atoms with Crippen molar-refractivity contribution < 1.29 is 9.59 Å². The monoisotopic (exact) mass is 378 g/mol. The van der Waals surface area contributed by atoms with Gasteiger partial charge in [-0.25, -0.2) is 0 Å². The minimum atomic E-state index is -0.301. The molecular formula is C22H19ClN2O2. The molecule has 0 saturated heterocycles. The molecular weight excluding hydrogens is 360 g/mol. The van der Waals surface area contributed by atoms with Crippen LogP contribution in [0.1, 0.15) is 31.8 Å². The minimum Gasteiger partial charge on any atom is -0.348 e. The standard InChI is InChI=1S/C22H19ClN2O2/c1-15-6-8-16(9-7-15)14-24-22(27)19-4-2-3-5-20(19)25-21(26)17-10-12-18(23)13-11-17/h2-13H,14H2,1H3,(H,24,27)(H,25,26). The first-order valence-corrected chi connectivity index (χ1v) is 8.90. The first kappa shape index (κ1) is 18.7. The Hall–Kier alpha value is -3.11. The number of halogens is 1. The highest BCUT2D eigenvalue weighted by Gasteiger charge is 2.14. The molecule has 2 N–H and O–H groups in total. The van der Waals surface area contributed by atoms with E-state index in [9.17, 15) is 9.59 Å². The number of anilines is 1. The molecule has 0 atom stereocenters. The molecule has 0 aliphatic heterocycles. The fraction of sp³-hybridized carbons (Fsp3) is 0.0909. The predicted octanol–water partition coefficient (Wildman–Crippen LogP) is 4.83. The third-order valence-corrected chi connectivity index (χ3v) is 4.35. The van der Waals surface area contributed by atoms with Gasteiger partial charge in [-0.3, -0.25) is 9.59 Å². The van der Waals surface area contributed by atoms with Crippen LogP contribution in [0.3, 0.4) is 0 Å². The average molecular weight is 379 g/mol. The smallest absolute Gasteiger partial charge is 0.255 e. The molecule has 5 heteroatoms. The Kier molecular flexibility index (Phi) is 5.89. The molecule has 0 bridgehead atoms. The van der Waals surface area contributed by atoms with Gasteiger partial charge < -0.3 is 10.6 Å². The lowest BCUT2D eigenvalue weighted by atomic mass is 10.1. The summed E-state index contributed by atoms with van der Waals surface area (Å²) in [4.78, 5) is 25.0. The predicted molar refractivity (Wildman–Crippen MR) is 108 cm³/mol. The number of hydrogen-bond acceptors (Lipinski definition) is 2. The molecule has 0 aromatic heterocycles. The van der Waals surface area contributed by atoms with Gasteiger partial charge in [0.05, 0.1) is 11.3 Å². The van der Waals surface area contributed by atoms with Crippen LogP contribution in [0, 0.1) is 6.92 Å². The highest BCUT2D eigenvalue weighted by molar-refractivity contribution is 6.30. The third kappa shape index (κ3) is 4.96. The number of hydrogen-bond donors (Lipinski definition) is 2. The number of amides is 2. The first-order valence-electron chi connectivity index (χ1n) is 8.52. The van der Waals surface area contributed by atoms with Gasteiger partial charge in [0.25, 0.3) is 11.8 Å². The van der Waals surface area contributed by atoms with Crippen molar-refractivity contribution in [1.82, 2.24) is 5.32 Å². The molecule has 3 aromatic rings. The summed E-state index contributed by atoms with van der Waals surface area (Å²) in [6, 6.07) is 21.4. The van der Waals surface area contributed by atoms with E-state index in [1.807, 2.05) is 31.2 Å². The second-order valence-electron chi connectivity index (χ2n) is 6.17. The van der Waals surface area contributed by atoms with E-state index in [2.05, 4.69) is 10.6 Å². The summed E-state index contributed by atoms with van der Waals surface area (Å²) in [7, 11) is 0. The maximum absolute atomic E-state index is 12.6. The van der Waals surface area contributed by atoms with E-state index in [0.717, 1.165) is 5.56 Å². The van der Waals surface area contributed by atoms with Crippen LogP contribution in [0.5, 0.6) is 0 Å². The average Bonchev–Trinajstić information content (AvgIpc) is 2.68. The first-order chi connectivity index (χ1) is 13.0. The van der Waals surface area contributed by atoms with Gasteiger partial charge in [0.2, 0.25) is 0 Å². The van der Waals surface area contributed by atoms with Crippen molar-refractivity contribution >= 4 is 29.1 Å². The van der Waals surface area contributed by atoms with Gasteiger partial charge in [-0.1, -0.05) is 53.6 Å². The lowest BCUT2D eigenvalue weighted by Crippen LogP contribution is -2.24. The van der Waals surface area contributed by atoms with E-state index < -0.39 is 0 Å².